The highest BCUT2D eigenvalue weighted by Gasteiger charge is 2.26. The second-order valence-electron chi connectivity index (χ2n) is 6.23. The van der Waals surface area contributed by atoms with Crippen molar-refractivity contribution in [1.29, 1.82) is 0 Å². The fourth-order valence-electron chi connectivity index (χ4n) is 2.98. The quantitative estimate of drug-likeness (QED) is 0.897. The lowest BCUT2D eigenvalue weighted by atomic mass is 9.93. The normalized spacial score (nSPS) is 19.2. The third-order valence-corrected chi connectivity index (χ3v) is 4.45. The Morgan fingerprint density at radius 1 is 1.46 bits per heavy atom. The number of aryl methyl sites for hydroxylation is 1. The summed E-state index contributed by atoms with van der Waals surface area (Å²) in [4.78, 5) is 22.5. The Morgan fingerprint density at radius 3 is 3.00 bits per heavy atom. The number of aromatic nitrogens is 3. The van der Waals surface area contributed by atoms with Crippen LogP contribution in [-0.2, 0) is 11.2 Å². The molecular weight excluding hydrogens is 308 g/mol. The first-order valence-electron chi connectivity index (χ1n) is 8.32. The summed E-state index contributed by atoms with van der Waals surface area (Å²) in [7, 11) is 0. The molecule has 3 heterocycles. The van der Waals surface area contributed by atoms with Crippen molar-refractivity contribution < 1.29 is 14.4 Å². The number of likely N-dealkylation sites (tertiary alicyclic amines) is 1. The molecule has 0 radical (unpaired) electrons. The van der Waals surface area contributed by atoms with Crippen LogP contribution in [0.5, 0.6) is 0 Å². The van der Waals surface area contributed by atoms with Gasteiger partial charge in [-0.05, 0) is 31.9 Å². The van der Waals surface area contributed by atoms with Crippen molar-refractivity contribution >= 4 is 5.91 Å². The van der Waals surface area contributed by atoms with Gasteiger partial charge in [0.05, 0.1) is 6.10 Å². The van der Waals surface area contributed by atoms with Gasteiger partial charge in [-0.2, -0.15) is 4.98 Å². The molecular formula is C17H22N4O3. The van der Waals surface area contributed by atoms with E-state index in [2.05, 4.69) is 15.1 Å². The van der Waals surface area contributed by atoms with Gasteiger partial charge >= 0.3 is 0 Å². The largest absolute Gasteiger partial charge is 0.393 e. The van der Waals surface area contributed by atoms with Crippen molar-refractivity contribution in [3.8, 4) is 11.4 Å². The summed E-state index contributed by atoms with van der Waals surface area (Å²) in [5, 5.41) is 13.7. The first kappa shape index (κ1) is 16.6. The predicted molar refractivity (Wildman–Crippen MR) is 86.8 cm³/mol. The van der Waals surface area contributed by atoms with Crippen LogP contribution < -0.4 is 0 Å². The Bertz CT molecular complexity index is 671. The third-order valence-electron chi connectivity index (χ3n) is 4.45. The van der Waals surface area contributed by atoms with E-state index in [0.29, 0.717) is 31.1 Å². The van der Waals surface area contributed by atoms with Crippen LogP contribution in [0.25, 0.3) is 11.4 Å². The summed E-state index contributed by atoms with van der Waals surface area (Å²) in [5.41, 5.74) is 0.835. The zero-order chi connectivity index (χ0) is 16.9. The van der Waals surface area contributed by atoms with Gasteiger partial charge in [-0.1, -0.05) is 5.16 Å². The molecule has 0 aromatic carbocycles. The Labute approximate surface area is 140 Å². The molecule has 1 aliphatic rings. The fourth-order valence-corrected chi connectivity index (χ4v) is 2.98. The van der Waals surface area contributed by atoms with Gasteiger partial charge < -0.3 is 14.5 Å². The van der Waals surface area contributed by atoms with E-state index in [0.717, 1.165) is 24.9 Å². The Morgan fingerprint density at radius 2 is 2.25 bits per heavy atom. The number of hydrogen-bond donors (Lipinski definition) is 1. The smallest absolute Gasteiger partial charge is 0.227 e. The van der Waals surface area contributed by atoms with Crippen LogP contribution >= 0.6 is 0 Å². The summed E-state index contributed by atoms with van der Waals surface area (Å²) >= 11 is 0. The number of nitrogens with zero attached hydrogens (tertiary/aromatic N) is 4. The van der Waals surface area contributed by atoms with Crippen molar-refractivity contribution in [1.82, 2.24) is 20.0 Å². The van der Waals surface area contributed by atoms with Crippen molar-refractivity contribution in [3.63, 3.8) is 0 Å². The molecule has 1 N–H and O–H groups in total. The lowest BCUT2D eigenvalue weighted by molar-refractivity contribution is -0.133. The standard InChI is InChI=1S/C17H22N4O3/c1-12(22)14-3-2-10-21(11-14)16(23)5-4-15-19-17(20-24-15)13-6-8-18-9-7-13/h6-9,12,14,22H,2-5,10-11H2,1H3. The average Bonchev–Trinajstić information content (AvgIpc) is 3.09. The Balaban J connectivity index is 1.54. The Kier molecular flexibility index (Phi) is 5.20. The SMILES string of the molecule is CC(O)C1CCCN(C(=O)CCc2nc(-c3ccncc3)no2)C1. The van der Waals surface area contributed by atoms with Crippen LogP contribution in [0.3, 0.4) is 0 Å². The minimum Gasteiger partial charge on any atom is -0.393 e. The zero-order valence-corrected chi connectivity index (χ0v) is 13.8. The van der Waals surface area contributed by atoms with Crippen LogP contribution in [0.1, 0.15) is 32.1 Å². The molecule has 1 amide bonds. The lowest BCUT2D eigenvalue weighted by Crippen LogP contribution is -2.43. The maximum atomic E-state index is 12.4. The molecule has 2 atom stereocenters. The van der Waals surface area contributed by atoms with Gasteiger partial charge in [0, 0.05) is 49.8 Å². The minimum absolute atomic E-state index is 0.0732. The summed E-state index contributed by atoms with van der Waals surface area (Å²) in [6, 6.07) is 3.62. The summed E-state index contributed by atoms with van der Waals surface area (Å²) in [6.45, 7) is 3.18. The van der Waals surface area contributed by atoms with Gasteiger partial charge in [0.1, 0.15) is 0 Å². The van der Waals surface area contributed by atoms with Gasteiger partial charge in [-0.3, -0.25) is 9.78 Å². The number of hydrogen-bond acceptors (Lipinski definition) is 6. The van der Waals surface area contributed by atoms with Gasteiger partial charge in [0.2, 0.25) is 17.6 Å². The van der Waals surface area contributed by atoms with E-state index in [1.807, 2.05) is 17.0 Å². The van der Waals surface area contributed by atoms with Crippen LogP contribution in [-0.4, -0.2) is 50.2 Å². The third kappa shape index (κ3) is 3.97. The van der Waals surface area contributed by atoms with Crippen LogP contribution in [0.4, 0.5) is 0 Å². The number of carbonyl (C=O) groups excluding carboxylic acids is 1. The molecule has 1 fully saturated rings. The lowest BCUT2D eigenvalue weighted by Gasteiger charge is -2.34. The highest BCUT2D eigenvalue weighted by Crippen LogP contribution is 2.21. The molecule has 2 aromatic heterocycles. The van der Waals surface area contributed by atoms with Crippen LogP contribution in [0.2, 0.25) is 0 Å². The molecule has 0 saturated carbocycles. The number of rotatable bonds is 5. The van der Waals surface area contributed by atoms with Crippen molar-refractivity contribution in [2.24, 2.45) is 5.92 Å². The van der Waals surface area contributed by atoms with E-state index < -0.39 is 0 Å². The highest BCUT2D eigenvalue weighted by atomic mass is 16.5. The van der Waals surface area contributed by atoms with E-state index in [4.69, 9.17) is 4.52 Å². The number of aliphatic hydroxyl groups is 1. The number of pyridine rings is 1. The predicted octanol–water partition coefficient (Wildman–Crippen LogP) is 1.68. The molecule has 24 heavy (non-hydrogen) atoms. The molecule has 128 valence electrons. The van der Waals surface area contributed by atoms with Gasteiger partial charge in [0.15, 0.2) is 0 Å². The molecule has 0 aliphatic carbocycles. The number of amides is 1. The maximum absolute atomic E-state index is 12.4. The molecule has 2 unspecified atom stereocenters. The number of carbonyl (C=O) groups is 1. The molecule has 2 aromatic rings. The highest BCUT2D eigenvalue weighted by molar-refractivity contribution is 5.76. The molecule has 0 spiro atoms. The number of aliphatic hydroxyl groups excluding tert-OH is 1. The monoisotopic (exact) mass is 330 g/mol. The topological polar surface area (TPSA) is 92.3 Å². The van der Waals surface area contributed by atoms with Gasteiger partial charge in [-0.25, -0.2) is 0 Å². The van der Waals surface area contributed by atoms with Gasteiger partial charge in [0.25, 0.3) is 0 Å². The summed E-state index contributed by atoms with van der Waals surface area (Å²) in [6.07, 6.45) is 5.64. The second kappa shape index (κ2) is 7.53. The van der Waals surface area contributed by atoms with Crippen LogP contribution in [0.15, 0.2) is 29.0 Å². The van der Waals surface area contributed by atoms with E-state index in [9.17, 15) is 9.90 Å². The van der Waals surface area contributed by atoms with E-state index >= 15 is 0 Å². The maximum Gasteiger partial charge on any atom is 0.227 e. The molecule has 0 bridgehead atoms. The summed E-state index contributed by atoms with van der Waals surface area (Å²) in [5.74, 6) is 1.21. The Hall–Kier alpha value is -2.28. The molecule has 7 heteroatoms. The van der Waals surface area contributed by atoms with E-state index in [1.54, 1.807) is 19.3 Å². The molecule has 3 rings (SSSR count). The van der Waals surface area contributed by atoms with Crippen LogP contribution in [0, 0.1) is 5.92 Å². The van der Waals surface area contributed by atoms with E-state index in [1.165, 1.54) is 0 Å². The van der Waals surface area contributed by atoms with Crippen molar-refractivity contribution in [2.75, 3.05) is 13.1 Å². The van der Waals surface area contributed by atoms with Crippen molar-refractivity contribution in [3.05, 3.63) is 30.4 Å². The van der Waals surface area contributed by atoms with E-state index in [-0.39, 0.29) is 17.9 Å². The zero-order valence-electron chi connectivity index (χ0n) is 13.8. The average molecular weight is 330 g/mol. The molecule has 1 saturated heterocycles. The summed E-state index contributed by atoms with van der Waals surface area (Å²) < 4.78 is 5.22. The number of piperidine rings is 1. The molecule has 7 nitrogen and oxygen atoms in total. The van der Waals surface area contributed by atoms with Gasteiger partial charge in [-0.15, -0.1) is 0 Å². The first-order chi connectivity index (χ1) is 11.6. The minimum atomic E-state index is -0.375. The first-order valence-corrected chi connectivity index (χ1v) is 8.32. The fraction of sp³-hybridized carbons (Fsp3) is 0.529. The second-order valence-corrected chi connectivity index (χ2v) is 6.23. The van der Waals surface area contributed by atoms with Crippen molar-refractivity contribution in [2.45, 2.75) is 38.7 Å². The molecule has 1 aliphatic heterocycles.